The van der Waals surface area contributed by atoms with Gasteiger partial charge in [0.05, 0.1) is 7.11 Å². The number of thioether (sulfide) groups is 1. The third-order valence-electron chi connectivity index (χ3n) is 4.21. The topological polar surface area (TPSA) is 38.2 Å². The van der Waals surface area contributed by atoms with Crippen molar-refractivity contribution in [1.82, 2.24) is 9.97 Å². The van der Waals surface area contributed by atoms with Gasteiger partial charge in [0.1, 0.15) is 17.2 Å². The standard InChI is InChI=1S/C18H22FN3OS/c1-13-4-3-7-22(10-13)17-9-18(21-12-20-17)24-11-14-5-6-16(23-2)15(19)8-14/h5-6,8-9,12-13H,3-4,7,10-11H2,1-2H3. The predicted octanol–water partition coefficient (Wildman–Crippen LogP) is 4.15. The van der Waals surface area contributed by atoms with Crippen molar-refractivity contribution < 1.29 is 9.13 Å². The summed E-state index contributed by atoms with van der Waals surface area (Å²) in [5.41, 5.74) is 0.907. The zero-order valence-electron chi connectivity index (χ0n) is 14.0. The third-order valence-corrected chi connectivity index (χ3v) is 5.21. The van der Waals surface area contributed by atoms with Crippen LogP contribution in [0.2, 0.25) is 0 Å². The van der Waals surface area contributed by atoms with E-state index in [9.17, 15) is 4.39 Å². The van der Waals surface area contributed by atoms with E-state index in [0.29, 0.717) is 11.7 Å². The van der Waals surface area contributed by atoms with E-state index in [0.717, 1.165) is 29.5 Å². The second kappa shape index (κ2) is 7.83. The maximum atomic E-state index is 13.8. The molecule has 2 heterocycles. The maximum absolute atomic E-state index is 13.8. The lowest BCUT2D eigenvalue weighted by Gasteiger charge is -2.31. The average Bonchev–Trinajstić information content (AvgIpc) is 2.60. The lowest BCUT2D eigenvalue weighted by molar-refractivity contribution is 0.386. The molecule has 2 aromatic rings. The Labute approximate surface area is 146 Å². The van der Waals surface area contributed by atoms with E-state index in [1.165, 1.54) is 26.0 Å². The van der Waals surface area contributed by atoms with Crippen LogP contribution in [0.5, 0.6) is 5.75 Å². The summed E-state index contributed by atoms with van der Waals surface area (Å²) in [7, 11) is 1.47. The first kappa shape index (κ1) is 17.0. The molecule has 0 amide bonds. The third kappa shape index (κ3) is 4.17. The Balaban J connectivity index is 1.65. The monoisotopic (exact) mass is 347 g/mol. The first-order chi connectivity index (χ1) is 11.7. The number of methoxy groups -OCH3 is 1. The van der Waals surface area contributed by atoms with E-state index in [2.05, 4.69) is 21.8 Å². The highest BCUT2D eigenvalue weighted by atomic mass is 32.2. The SMILES string of the molecule is COc1ccc(CSc2cc(N3CCCC(C)C3)ncn2)cc1F. The van der Waals surface area contributed by atoms with E-state index >= 15 is 0 Å². The maximum Gasteiger partial charge on any atom is 0.165 e. The van der Waals surface area contributed by atoms with E-state index in [-0.39, 0.29) is 11.6 Å². The fraction of sp³-hybridized carbons (Fsp3) is 0.444. The smallest absolute Gasteiger partial charge is 0.165 e. The molecule has 128 valence electrons. The predicted molar refractivity (Wildman–Crippen MR) is 95.2 cm³/mol. The zero-order chi connectivity index (χ0) is 16.9. The molecule has 6 heteroatoms. The van der Waals surface area contributed by atoms with Gasteiger partial charge in [-0.1, -0.05) is 13.0 Å². The Bertz CT molecular complexity index is 698. The molecule has 1 aromatic carbocycles. The summed E-state index contributed by atoms with van der Waals surface area (Å²) < 4.78 is 18.7. The molecule has 24 heavy (non-hydrogen) atoms. The Kier molecular flexibility index (Phi) is 5.56. The summed E-state index contributed by atoms with van der Waals surface area (Å²) in [5, 5.41) is 0.912. The highest BCUT2D eigenvalue weighted by molar-refractivity contribution is 7.98. The van der Waals surface area contributed by atoms with Crippen LogP contribution in [-0.4, -0.2) is 30.2 Å². The number of hydrogen-bond donors (Lipinski definition) is 0. The number of aromatic nitrogens is 2. The molecular weight excluding hydrogens is 325 g/mol. The minimum Gasteiger partial charge on any atom is -0.494 e. The van der Waals surface area contributed by atoms with Crippen LogP contribution in [0.1, 0.15) is 25.3 Å². The van der Waals surface area contributed by atoms with E-state index in [4.69, 9.17) is 4.74 Å². The van der Waals surface area contributed by atoms with Gasteiger partial charge in [-0.2, -0.15) is 0 Å². The van der Waals surface area contributed by atoms with Crippen LogP contribution in [0.3, 0.4) is 0 Å². The molecule has 0 aliphatic carbocycles. The van der Waals surface area contributed by atoms with Crippen molar-refractivity contribution in [1.29, 1.82) is 0 Å². The number of rotatable bonds is 5. The summed E-state index contributed by atoms with van der Waals surface area (Å²) >= 11 is 1.59. The van der Waals surface area contributed by atoms with Gasteiger partial charge in [-0.15, -0.1) is 11.8 Å². The van der Waals surface area contributed by atoms with Crippen molar-refractivity contribution in [2.24, 2.45) is 5.92 Å². The molecule has 0 bridgehead atoms. The van der Waals surface area contributed by atoms with Gasteiger partial charge in [-0.3, -0.25) is 0 Å². The van der Waals surface area contributed by atoms with Crippen LogP contribution >= 0.6 is 11.8 Å². The van der Waals surface area contributed by atoms with Crippen molar-refractivity contribution in [2.45, 2.75) is 30.5 Å². The second-order valence-electron chi connectivity index (χ2n) is 6.17. The van der Waals surface area contributed by atoms with E-state index in [1.807, 2.05) is 12.1 Å². The first-order valence-electron chi connectivity index (χ1n) is 8.18. The van der Waals surface area contributed by atoms with Gasteiger partial charge >= 0.3 is 0 Å². The number of hydrogen-bond acceptors (Lipinski definition) is 5. The molecule has 1 unspecified atom stereocenters. The van der Waals surface area contributed by atoms with Gasteiger partial charge in [-0.05, 0) is 36.5 Å². The summed E-state index contributed by atoms with van der Waals surface area (Å²) in [6.07, 6.45) is 4.11. The van der Waals surface area contributed by atoms with Crippen molar-refractivity contribution in [2.75, 3.05) is 25.1 Å². The van der Waals surface area contributed by atoms with Crippen LogP contribution in [-0.2, 0) is 5.75 Å². The molecule has 0 saturated carbocycles. The minimum absolute atomic E-state index is 0.271. The first-order valence-corrected chi connectivity index (χ1v) is 9.16. The van der Waals surface area contributed by atoms with E-state index < -0.39 is 0 Å². The highest BCUT2D eigenvalue weighted by Gasteiger charge is 2.18. The van der Waals surface area contributed by atoms with Crippen molar-refractivity contribution in [3.63, 3.8) is 0 Å². The minimum atomic E-state index is -0.332. The van der Waals surface area contributed by atoms with Crippen LogP contribution in [0.15, 0.2) is 35.6 Å². The number of ether oxygens (including phenoxy) is 1. The number of benzene rings is 1. The van der Waals surface area contributed by atoms with E-state index in [1.54, 1.807) is 24.2 Å². The Hall–Kier alpha value is -1.82. The molecule has 1 aliphatic heterocycles. The summed E-state index contributed by atoms with van der Waals surface area (Å²) in [6, 6.07) is 7.08. The van der Waals surface area contributed by atoms with Crippen molar-refractivity contribution >= 4 is 17.6 Å². The number of halogens is 1. The van der Waals surface area contributed by atoms with Crippen LogP contribution in [0.25, 0.3) is 0 Å². The van der Waals surface area contributed by atoms with Crippen LogP contribution in [0.4, 0.5) is 10.2 Å². The fourth-order valence-electron chi connectivity index (χ4n) is 2.94. The molecule has 1 saturated heterocycles. The van der Waals surface area contributed by atoms with Crippen molar-refractivity contribution in [3.8, 4) is 5.75 Å². The second-order valence-corrected chi connectivity index (χ2v) is 7.16. The molecule has 0 radical (unpaired) electrons. The fourth-order valence-corrected chi connectivity index (χ4v) is 3.74. The van der Waals surface area contributed by atoms with Gasteiger partial charge in [0.15, 0.2) is 11.6 Å². The Morgan fingerprint density at radius 3 is 2.96 bits per heavy atom. The molecule has 0 N–H and O–H groups in total. The van der Waals surface area contributed by atoms with Gasteiger partial charge < -0.3 is 9.64 Å². The Morgan fingerprint density at radius 1 is 1.33 bits per heavy atom. The average molecular weight is 347 g/mol. The number of nitrogens with zero attached hydrogens (tertiary/aromatic N) is 3. The zero-order valence-corrected chi connectivity index (χ0v) is 14.9. The molecule has 4 nitrogen and oxygen atoms in total. The van der Waals surface area contributed by atoms with Crippen LogP contribution in [0, 0.1) is 11.7 Å². The molecule has 3 rings (SSSR count). The lowest BCUT2D eigenvalue weighted by Crippen LogP contribution is -2.34. The summed E-state index contributed by atoms with van der Waals surface area (Å²) in [6.45, 7) is 4.38. The summed E-state index contributed by atoms with van der Waals surface area (Å²) in [4.78, 5) is 11.1. The van der Waals surface area contributed by atoms with Gasteiger partial charge in [0.2, 0.25) is 0 Å². The van der Waals surface area contributed by atoms with Gasteiger partial charge in [0.25, 0.3) is 0 Å². The largest absolute Gasteiger partial charge is 0.494 e. The lowest BCUT2D eigenvalue weighted by atomic mass is 10.0. The van der Waals surface area contributed by atoms with Gasteiger partial charge in [0, 0.05) is 24.9 Å². The van der Waals surface area contributed by atoms with Crippen molar-refractivity contribution in [3.05, 3.63) is 42.0 Å². The quantitative estimate of drug-likeness (QED) is 0.600. The summed E-state index contributed by atoms with van der Waals surface area (Å²) in [5.74, 6) is 2.29. The molecule has 0 spiro atoms. The molecule has 1 aromatic heterocycles. The highest BCUT2D eigenvalue weighted by Crippen LogP contribution is 2.27. The number of anilines is 1. The van der Waals surface area contributed by atoms with Gasteiger partial charge in [-0.25, -0.2) is 14.4 Å². The molecule has 1 fully saturated rings. The molecule has 1 aliphatic rings. The Morgan fingerprint density at radius 2 is 2.21 bits per heavy atom. The molecular formula is C18H22FN3OS. The molecule has 1 atom stereocenters. The number of piperidine rings is 1. The van der Waals surface area contributed by atoms with Crippen LogP contribution < -0.4 is 9.64 Å². The normalized spacial score (nSPS) is 17.8.